The summed E-state index contributed by atoms with van der Waals surface area (Å²) in [5, 5.41) is 14.9. The van der Waals surface area contributed by atoms with Crippen LogP contribution < -0.4 is 10.6 Å². The van der Waals surface area contributed by atoms with Crippen LogP contribution in [0.15, 0.2) is 24.3 Å². The molecular formula is C13H19ClN2O2. The van der Waals surface area contributed by atoms with Crippen LogP contribution in [0.1, 0.15) is 19.3 Å². The van der Waals surface area contributed by atoms with Gasteiger partial charge in [0.2, 0.25) is 5.91 Å². The fraction of sp³-hybridized carbons (Fsp3) is 0.462. The van der Waals surface area contributed by atoms with Crippen LogP contribution in [0.3, 0.4) is 0 Å². The molecule has 0 saturated carbocycles. The summed E-state index contributed by atoms with van der Waals surface area (Å²) in [4.78, 5) is 11.6. The van der Waals surface area contributed by atoms with Gasteiger partial charge in [-0.2, -0.15) is 0 Å². The van der Waals surface area contributed by atoms with E-state index in [0.29, 0.717) is 10.7 Å². The lowest BCUT2D eigenvalue weighted by Crippen LogP contribution is -2.28. The van der Waals surface area contributed by atoms with Gasteiger partial charge in [0.25, 0.3) is 0 Å². The van der Waals surface area contributed by atoms with Gasteiger partial charge in [-0.15, -0.1) is 0 Å². The molecule has 0 fully saturated rings. The standard InChI is InChI=1S/C13H19ClN2O2/c14-11-6-2-3-7-12(11)16-13(18)10-15-8-4-1-5-9-17/h2-3,6-7,15,17H,1,4-5,8-10H2,(H,16,18). The second-order valence-electron chi connectivity index (χ2n) is 3.99. The second-order valence-corrected chi connectivity index (χ2v) is 4.40. The monoisotopic (exact) mass is 270 g/mol. The lowest BCUT2D eigenvalue weighted by Gasteiger charge is -2.07. The average molecular weight is 271 g/mol. The smallest absolute Gasteiger partial charge is 0.238 e. The number of carbonyl (C=O) groups excluding carboxylic acids is 1. The Kier molecular flexibility index (Phi) is 7.41. The number of unbranched alkanes of at least 4 members (excludes halogenated alkanes) is 2. The van der Waals surface area contributed by atoms with Gasteiger partial charge in [0.15, 0.2) is 0 Å². The molecule has 0 saturated heterocycles. The van der Waals surface area contributed by atoms with Crippen molar-refractivity contribution in [2.75, 3.05) is 25.0 Å². The highest BCUT2D eigenvalue weighted by Crippen LogP contribution is 2.19. The fourth-order valence-electron chi connectivity index (χ4n) is 1.50. The summed E-state index contributed by atoms with van der Waals surface area (Å²) in [6.07, 6.45) is 2.74. The van der Waals surface area contributed by atoms with Gasteiger partial charge < -0.3 is 15.7 Å². The van der Waals surface area contributed by atoms with Crippen molar-refractivity contribution in [3.8, 4) is 0 Å². The maximum Gasteiger partial charge on any atom is 0.238 e. The molecule has 0 heterocycles. The fourth-order valence-corrected chi connectivity index (χ4v) is 1.68. The zero-order chi connectivity index (χ0) is 13.2. The van der Waals surface area contributed by atoms with E-state index >= 15 is 0 Å². The zero-order valence-corrected chi connectivity index (χ0v) is 11.0. The van der Waals surface area contributed by atoms with Crippen molar-refractivity contribution in [1.82, 2.24) is 5.32 Å². The summed E-state index contributed by atoms with van der Waals surface area (Å²) in [5.74, 6) is -0.106. The molecule has 1 rings (SSSR count). The van der Waals surface area contributed by atoms with Crippen LogP contribution >= 0.6 is 11.6 Å². The number of para-hydroxylation sites is 1. The Bertz CT molecular complexity index is 372. The van der Waals surface area contributed by atoms with E-state index in [1.165, 1.54) is 0 Å². The van der Waals surface area contributed by atoms with Crippen LogP contribution in [0, 0.1) is 0 Å². The van der Waals surface area contributed by atoms with Crippen LogP contribution in [0.4, 0.5) is 5.69 Å². The molecule has 0 atom stereocenters. The number of aliphatic hydroxyl groups excluding tert-OH is 1. The van der Waals surface area contributed by atoms with Gasteiger partial charge in [-0.1, -0.05) is 23.7 Å². The largest absolute Gasteiger partial charge is 0.396 e. The first-order valence-electron chi connectivity index (χ1n) is 6.10. The van der Waals surface area contributed by atoms with Crippen molar-refractivity contribution < 1.29 is 9.90 Å². The Morgan fingerprint density at radius 1 is 1.22 bits per heavy atom. The normalized spacial score (nSPS) is 10.3. The zero-order valence-electron chi connectivity index (χ0n) is 10.3. The minimum atomic E-state index is -0.106. The third-order valence-electron chi connectivity index (χ3n) is 2.45. The molecule has 1 amide bonds. The number of carbonyl (C=O) groups is 1. The number of rotatable bonds is 8. The molecule has 3 N–H and O–H groups in total. The number of aliphatic hydroxyl groups is 1. The predicted molar refractivity (Wildman–Crippen MR) is 73.9 cm³/mol. The Labute approximate surface area is 112 Å². The summed E-state index contributed by atoms with van der Waals surface area (Å²) in [6.45, 7) is 1.27. The number of halogens is 1. The first-order valence-corrected chi connectivity index (χ1v) is 6.48. The Morgan fingerprint density at radius 2 is 2.00 bits per heavy atom. The summed E-state index contributed by atoms with van der Waals surface area (Å²) >= 11 is 5.93. The Morgan fingerprint density at radius 3 is 2.72 bits per heavy atom. The van der Waals surface area contributed by atoms with E-state index in [0.717, 1.165) is 25.8 Å². The number of hydrogen-bond acceptors (Lipinski definition) is 3. The molecular weight excluding hydrogens is 252 g/mol. The van der Waals surface area contributed by atoms with Gasteiger partial charge in [0, 0.05) is 6.61 Å². The molecule has 1 aromatic carbocycles. The van der Waals surface area contributed by atoms with Crippen LogP contribution in [0.2, 0.25) is 5.02 Å². The first-order chi connectivity index (χ1) is 8.74. The van der Waals surface area contributed by atoms with Gasteiger partial charge in [-0.3, -0.25) is 4.79 Å². The van der Waals surface area contributed by atoms with E-state index < -0.39 is 0 Å². The lowest BCUT2D eigenvalue weighted by atomic mass is 10.2. The molecule has 18 heavy (non-hydrogen) atoms. The van der Waals surface area contributed by atoms with Crippen LogP contribution in [0.5, 0.6) is 0 Å². The Hall–Kier alpha value is -1.10. The number of nitrogens with one attached hydrogen (secondary N) is 2. The molecule has 0 bridgehead atoms. The third kappa shape index (κ3) is 6.00. The minimum absolute atomic E-state index is 0.106. The molecule has 0 radical (unpaired) electrons. The van der Waals surface area contributed by atoms with Crippen LogP contribution in [-0.4, -0.2) is 30.7 Å². The highest BCUT2D eigenvalue weighted by Gasteiger charge is 2.04. The summed E-state index contributed by atoms with van der Waals surface area (Å²) in [5.41, 5.74) is 0.631. The van der Waals surface area contributed by atoms with Crippen LogP contribution in [-0.2, 0) is 4.79 Å². The van der Waals surface area contributed by atoms with Gasteiger partial charge in [0.05, 0.1) is 17.3 Å². The maximum absolute atomic E-state index is 11.6. The molecule has 100 valence electrons. The number of amides is 1. The van der Waals surface area contributed by atoms with Crippen molar-refractivity contribution in [2.45, 2.75) is 19.3 Å². The predicted octanol–water partition coefficient (Wildman–Crippen LogP) is 2.03. The maximum atomic E-state index is 11.6. The highest BCUT2D eigenvalue weighted by molar-refractivity contribution is 6.33. The number of benzene rings is 1. The Balaban J connectivity index is 2.16. The van der Waals surface area contributed by atoms with E-state index in [1.54, 1.807) is 12.1 Å². The van der Waals surface area contributed by atoms with Crippen molar-refractivity contribution >= 4 is 23.2 Å². The van der Waals surface area contributed by atoms with E-state index in [1.807, 2.05) is 12.1 Å². The topological polar surface area (TPSA) is 61.4 Å². The molecule has 0 aliphatic rings. The van der Waals surface area contributed by atoms with E-state index in [9.17, 15) is 4.79 Å². The summed E-state index contributed by atoms with van der Waals surface area (Å²) in [6, 6.07) is 7.14. The van der Waals surface area contributed by atoms with Crippen molar-refractivity contribution in [3.05, 3.63) is 29.3 Å². The van der Waals surface area contributed by atoms with Crippen molar-refractivity contribution in [2.24, 2.45) is 0 Å². The quantitative estimate of drug-likeness (QED) is 0.634. The third-order valence-corrected chi connectivity index (χ3v) is 2.77. The number of hydrogen-bond donors (Lipinski definition) is 3. The average Bonchev–Trinajstić information content (AvgIpc) is 2.36. The summed E-state index contributed by atoms with van der Waals surface area (Å²) in [7, 11) is 0. The summed E-state index contributed by atoms with van der Waals surface area (Å²) < 4.78 is 0. The molecule has 4 nitrogen and oxygen atoms in total. The van der Waals surface area contributed by atoms with Gasteiger partial charge in [-0.25, -0.2) is 0 Å². The van der Waals surface area contributed by atoms with Crippen molar-refractivity contribution in [3.63, 3.8) is 0 Å². The molecule has 1 aromatic rings. The van der Waals surface area contributed by atoms with E-state index in [4.69, 9.17) is 16.7 Å². The first kappa shape index (κ1) is 15.0. The van der Waals surface area contributed by atoms with Crippen molar-refractivity contribution in [1.29, 1.82) is 0 Å². The SMILES string of the molecule is O=C(CNCCCCCO)Nc1ccccc1Cl. The van der Waals surface area contributed by atoms with E-state index in [2.05, 4.69) is 10.6 Å². The highest BCUT2D eigenvalue weighted by atomic mass is 35.5. The molecule has 0 unspecified atom stereocenters. The second kappa shape index (κ2) is 8.91. The van der Waals surface area contributed by atoms with Gasteiger partial charge >= 0.3 is 0 Å². The molecule has 0 aliphatic heterocycles. The minimum Gasteiger partial charge on any atom is -0.396 e. The molecule has 0 aliphatic carbocycles. The molecule has 0 spiro atoms. The number of anilines is 1. The van der Waals surface area contributed by atoms with Gasteiger partial charge in [-0.05, 0) is 37.9 Å². The van der Waals surface area contributed by atoms with Crippen LogP contribution in [0.25, 0.3) is 0 Å². The molecule has 0 aromatic heterocycles. The molecule has 5 heteroatoms. The van der Waals surface area contributed by atoms with Gasteiger partial charge in [0.1, 0.15) is 0 Å². The lowest BCUT2D eigenvalue weighted by molar-refractivity contribution is -0.115. The van der Waals surface area contributed by atoms with E-state index in [-0.39, 0.29) is 19.1 Å².